The van der Waals surface area contributed by atoms with Crippen LogP contribution in [-0.2, 0) is 9.31 Å². The van der Waals surface area contributed by atoms with Gasteiger partial charge in [-0.05, 0) is 34.6 Å². The third-order valence-corrected chi connectivity index (χ3v) is 4.36. The first-order chi connectivity index (χ1) is 10.7. The second-order valence-electron chi connectivity index (χ2n) is 6.62. The Labute approximate surface area is 134 Å². The fourth-order valence-corrected chi connectivity index (χ4v) is 2.22. The molecule has 7 nitrogen and oxygen atoms in total. The summed E-state index contributed by atoms with van der Waals surface area (Å²) in [4.78, 5) is 20.5. The molecule has 3 heterocycles. The number of hydrogen-bond acceptors (Lipinski definition) is 6. The lowest BCUT2D eigenvalue weighted by molar-refractivity contribution is 0.00578. The molecule has 8 heteroatoms. The molecule has 0 aromatic carbocycles. The average molecular weight is 314 g/mol. The molecule has 0 unspecified atom stereocenters. The molecule has 0 bridgehead atoms. The molecule has 23 heavy (non-hydrogen) atoms. The van der Waals surface area contributed by atoms with Gasteiger partial charge in [-0.25, -0.2) is 9.97 Å². The maximum Gasteiger partial charge on any atom is 0.496 e. The van der Waals surface area contributed by atoms with E-state index >= 15 is 0 Å². The Morgan fingerprint density at radius 2 is 1.61 bits per heavy atom. The van der Waals surface area contributed by atoms with Crippen molar-refractivity contribution in [3.63, 3.8) is 0 Å². The molecule has 1 aliphatic heterocycles. The van der Waals surface area contributed by atoms with Crippen LogP contribution < -0.4 is 11.0 Å². The van der Waals surface area contributed by atoms with E-state index in [0.717, 1.165) is 0 Å². The normalized spacial score (nSPS) is 19.1. The second-order valence-corrected chi connectivity index (χ2v) is 6.62. The monoisotopic (exact) mass is 314 g/mol. The van der Waals surface area contributed by atoms with Crippen LogP contribution in [0.1, 0.15) is 33.5 Å². The standard InChI is InChI=1S/C15H19BN4O3/c1-10-17-8-12(9-18-10)20-13(21)6-11(7-19-20)16-22-14(2,3)15(4,5)23-16/h6-9H,1-5H3. The van der Waals surface area contributed by atoms with Crippen molar-refractivity contribution in [3.05, 3.63) is 40.8 Å². The largest absolute Gasteiger partial charge is 0.496 e. The van der Waals surface area contributed by atoms with Crippen molar-refractivity contribution in [1.82, 2.24) is 19.7 Å². The van der Waals surface area contributed by atoms with Crippen LogP contribution in [-0.4, -0.2) is 38.1 Å². The Kier molecular flexibility index (Phi) is 3.61. The van der Waals surface area contributed by atoms with Gasteiger partial charge in [-0.1, -0.05) is 0 Å². The average Bonchev–Trinajstić information content (AvgIpc) is 2.68. The fourth-order valence-electron chi connectivity index (χ4n) is 2.22. The number of aromatic nitrogens is 4. The fraction of sp³-hybridized carbons (Fsp3) is 0.467. The van der Waals surface area contributed by atoms with Gasteiger partial charge >= 0.3 is 7.12 Å². The minimum atomic E-state index is -0.607. The van der Waals surface area contributed by atoms with Crippen molar-refractivity contribution in [1.29, 1.82) is 0 Å². The van der Waals surface area contributed by atoms with E-state index in [1.54, 1.807) is 25.5 Å². The lowest BCUT2D eigenvalue weighted by Crippen LogP contribution is -2.41. The lowest BCUT2D eigenvalue weighted by Gasteiger charge is -2.32. The molecule has 120 valence electrons. The Bertz CT molecular complexity index is 770. The number of hydrogen-bond donors (Lipinski definition) is 0. The van der Waals surface area contributed by atoms with Gasteiger partial charge in [-0.3, -0.25) is 4.79 Å². The van der Waals surface area contributed by atoms with E-state index in [0.29, 0.717) is 17.0 Å². The summed E-state index contributed by atoms with van der Waals surface area (Å²) >= 11 is 0. The predicted molar refractivity (Wildman–Crippen MR) is 85.9 cm³/mol. The summed E-state index contributed by atoms with van der Waals surface area (Å²) in [5, 5.41) is 4.18. The topological polar surface area (TPSA) is 79.1 Å². The maximum atomic E-state index is 12.3. The molecule has 0 saturated carbocycles. The van der Waals surface area contributed by atoms with Crippen molar-refractivity contribution >= 4 is 12.6 Å². The summed E-state index contributed by atoms with van der Waals surface area (Å²) in [5.41, 5.74) is -0.0991. The molecule has 1 aliphatic rings. The first kappa shape index (κ1) is 15.8. The van der Waals surface area contributed by atoms with Crippen molar-refractivity contribution in [2.75, 3.05) is 0 Å². The molecule has 2 aromatic rings. The second kappa shape index (κ2) is 5.24. The SMILES string of the molecule is Cc1ncc(-n2ncc(B3OC(C)(C)C(C)(C)O3)cc2=O)cn1. The van der Waals surface area contributed by atoms with E-state index in [1.807, 2.05) is 27.7 Å². The highest BCUT2D eigenvalue weighted by molar-refractivity contribution is 6.62. The van der Waals surface area contributed by atoms with Crippen LogP contribution in [0.3, 0.4) is 0 Å². The highest BCUT2D eigenvalue weighted by Gasteiger charge is 2.51. The van der Waals surface area contributed by atoms with Gasteiger partial charge in [0.05, 0.1) is 23.6 Å². The smallest absolute Gasteiger partial charge is 0.399 e. The van der Waals surface area contributed by atoms with Gasteiger partial charge in [0.25, 0.3) is 5.56 Å². The van der Waals surface area contributed by atoms with Crippen molar-refractivity contribution in [3.8, 4) is 5.69 Å². The van der Waals surface area contributed by atoms with E-state index in [4.69, 9.17) is 9.31 Å². The Hall–Kier alpha value is -2.06. The van der Waals surface area contributed by atoms with Crippen LogP contribution in [0.5, 0.6) is 0 Å². The molecular weight excluding hydrogens is 295 g/mol. The zero-order valence-corrected chi connectivity index (χ0v) is 13.9. The summed E-state index contributed by atoms with van der Waals surface area (Å²) < 4.78 is 13.1. The molecule has 1 fully saturated rings. The zero-order chi connectivity index (χ0) is 16.8. The van der Waals surface area contributed by atoms with Crippen LogP contribution in [0, 0.1) is 6.92 Å². The number of rotatable bonds is 2. The Morgan fingerprint density at radius 3 is 2.13 bits per heavy atom. The summed E-state index contributed by atoms with van der Waals surface area (Å²) in [6, 6.07) is 1.47. The maximum absolute atomic E-state index is 12.3. The molecule has 0 radical (unpaired) electrons. The first-order valence-electron chi connectivity index (χ1n) is 7.43. The minimum Gasteiger partial charge on any atom is -0.399 e. The van der Waals surface area contributed by atoms with E-state index in [9.17, 15) is 4.79 Å². The molecule has 0 amide bonds. The predicted octanol–water partition coefficient (Wildman–Crippen LogP) is 0.630. The molecule has 0 spiro atoms. The van der Waals surface area contributed by atoms with Gasteiger partial charge in [0.15, 0.2) is 0 Å². The van der Waals surface area contributed by atoms with Crippen molar-refractivity contribution in [2.45, 2.75) is 45.8 Å². The first-order valence-corrected chi connectivity index (χ1v) is 7.43. The van der Waals surface area contributed by atoms with Crippen LogP contribution in [0.15, 0.2) is 29.5 Å². The molecular formula is C15H19BN4O3. The summed E-state index contributed by atoms with van der Waals surface area (Å²) in [5.74, 6) is 0.635. The number of aryl methyl sites for hydroxylation is 1. The van der Waals surface area contributed by atoms with Crippen LogP contribution in [0.25, 0.3) is 5.69 Å². The van der Waals surface area contributed by atoms with Gasteiger partial charge < -0.3 is 9.31 Å². The van der Waals surface area contributed by atoms with Crippen LogP contribution >= 0.6 is 0 Å². The lowest BCUT2D eigenvalue weighted by atomic mass is 9.81. The van der Waals surface area contributed by atoms with E-state index in [1.165, 1.54) is 10.7 Å². The third-order valence-electron chi connectivity index (χ3n) is 4.36. The van der Waals surface area contributed by atoms with E-state index < -0.39 is 18.3 Å². The van der Waals surface area contributed by atoms with Gasteiger partial charge in [0, 0.05) is 17.7 Å². The molecule has 0 aliphatic carbocycles. The molecule has 0 N–H and O–H groups in total. The highest BCUT2D eigenvalue weighted by atomic mass is 16.7. The minimum absolute atomic E-state index is 0.287. The quantitative estimate of drug-likeness (QED) is 0.757. The van der Waals surface area contributed by atoms with Crippen molar-refractivity contribution in [2.24, 2.45) is 0 Å². The van der Waals surface area contributed by atoms with E-state index in [-0.39, 0.29) is 5.56 Å². The molecule has 3 rings (SSSR count). The van der Waals surface area contributed by atoms with Gasteiger partial charge in [0.2, 0.25) is 0 Å². The summed E-state index contributed by atoms with van der Waals surface area (Å²) in [7, 11) is -0.607. The van der Waals surface area contributed by atoms with Crippen LogP contribution in [0.2, 0.25) is 0 Å². The van der Waals surface area contributed by atoms with E-state index in [2.05, 4.69) is 15.1 Å². The Morgan fingerprint density at radius 1 is 1.04 bits per heavy atom. The Balaban J connectivity index is 1.92. The van der Waals surface area contributed by atoms with Gasteiger partial charge in [-0.2, -0.15) is 9.78 Å². The van der Waals surface area contributed by atoms with Crippen molar-refractivity contribution < 1.29 is 9.31 Å². The molecule has 0 atom stereocenters. The van der Waals surface area contributed by atoms with Crippen LogP contribution in [0.4, 0.5) is 0 Å². The zero-order valence-electron chi connectivity index (χ0n) is 13.9. The highest BCUT2D eigenvalue weighted by Crippen LogP contribution is 2.36. The summed E-state index contributed by atoms with van der Waals surface area (Å²) in [6.07, 6.45) is 4.69. The summed E-state index contributed by atoms with van der Waals surface area (Å²) in [6.45, 7) is 9.63. The molecule has 2 aromatic heterocycles. The number of nitrogens with zero attached hydrogens (tertiary/aromatic N) is 4. The molecule has 1 saturated heterocycles. The third kappa shape index (κ3) is 2.79. The van der Waals surface area contributed by atoms with Gasteiger partial charge in [-0.15, -0.1) is 0 Å². The van der Waals surface area contributed by atoms with Gasteiger partial charge in [0.1, 0.15) is 11.5 Å².